The molecule has 25 heavy (non-hydrogen) atoms. The standard InChI is InChI=1S/C19H21N3O2S/c1-3-24-13-14-25-19-21-20-18(15-7-5-4-6-8-15)22(19)16-9-11-17(23-2)12-10-16/h4-12H,3,13-14H2,1-2H3. The predicted octanol–water partition coefficient (Wildman–Crippen LogP) is 4.07. The smallest absolute Gasteiger partial charge is 0.196 e. The van der Waals surface area contributed by atoms with Crippen LogP contribution in [0.2, 0.25) is 0 Å². The first kappa shape index (κ1) is 17.5. The minimum Gasteiger partial charge on any atom is -0.497 e. The fourth-order valence-electron chi connectivity index (χ4n) is 2.44. The van der Waals surface area contributed by atoms with Gasteiger partial charge in [0.25, 0.3) is 0 Å². The van der Waals surface area contributed by atoms with E-state index in [-0.39, 0.29) is 0 Å². The number of hydrogen-bond acceptors (Lipinski definition) is 5. The molecule has 1 aromatic heterocycles. The second-order valence-corrected chi connectivity index (χ2v) is 6.31. The minimum absolute atomic E-state index is 0.692. The molecule has 0 saturated carbocycles. The topological polar surface area (TPSA) is 49.2 Å². The van der Waals surface area contributed by atoms with Gasteiger partial charge in [-0.05, 0) is 31.2 Å². The van der Waals surface area contributed by atoms with Gasteiger partial charge >= 0.3 is 0 Å². The summed E-state index contributed by atoms with van der Waals surface area (Å²) in [5.41, 5.74) is 2.03. The summed E-state index contributed by atoms with van der Waals surface area (Å²) in [5.74, 6) is 2.48. The number of nitrogens with zero attached hydrogens (tertiary/aromatic N) is 3. The molecule has 0 aliphatic rings. The van der Waals surface area contributed by atoms with E-state index in [1.807, 2.05) is 61.5 Å². The third kappa shape index (κ3) is 4.21. The lowest BCUT2D eigenvalue weighted by Gasteiger charge is -2.11. The van der Waals surface area contributed by atoms with Gasteiger partial charge in [-0.2, -0.15) is 0 Å². The Morgan fingerprint density at radius 1 is 1.00 bits per heavy atom. The zero-order chi connectivity index (χ0) is 17.5. The van der Waals surface area contributed by atoms with E-state index in [0.717, 1.165) is 40.3 Å². The van der Waals surface area contributed by atoms with Gasteiger partial charge in [0.15, 0.2) is 11.0 Å². The minimum atomic E-state index is 0.692. The van der Waals surface area contributed by atoms with Crippen molar-refractivity contribution in [2.45, 2.75) is 12.1 Å². The molecular weight excluding hydrogens is 334 g/mol. The van der Waals surface area contributed by atoms with E-state index in [1.165, 1.54) is 0 Å². The Morgan fingerprint density at radius 3 is 2.44 bits per heavy atom. The number of aromatic nitrogens is 3. The Kier molecular flexibility index (Phi) is 6.09. The molecule has 0 saturated heterocycles. The van der Waals surface area contributed by atoms with Crippen molar-refractivity contribution in [2.75, 3.05) is 26.1 Å². The molecule has 0 radical (unpaired) electrons. The molecule has 130 valence electrons. The largest absolute Gasteiger partial charge is 0.497 e. The summed E-state index contributed by atoms with van der Waals surface area (Å²) in [5, 5.41) is 9.67. The van der Waals surface area contributed by atoms with E-state index in [1.54, 1.807) is 18.9 Å². The van der Waals surface area contributed by atoms with Crippen LogP contribution in [0.5, 0.6) is 5.75 Å². The number of hydrogen-bond donors (Lipinski definition) is 0. The fraction of sp³-hybridized carbons (Fsp3) is 0.263. The maximum absolute atomic E-state index is 5.43. The van der Waals surface area contributed by atoms with Gasteiger partial charge in [-0.15, -0.1) is 10.2 Å². The molecule has 6 heteroatoms. The summed E-state index contributed by atoms with van der Waals surface area (Å²) < 4.78 is 12.8. The monoisotopic (exact) mass is 355 g/mol. The van der Waals surface area contributed by atoms with Gasteiger partial charge in [0.05, 0.1) is 13.7 Å². The Bertz CT molecular complexity index is 788. The zero-order valence-corrected chi connectivity index (χ0v) is 15.2. The van der Waals surface area contributed by atoms with Crippen LogP contribution < -0.4 is 4.74 Å². The van der Waals surface area contributed by atoms with Crippen molar-refractivity contribution >= 4 is 11.8 Å². The molecule has 1 heterocycles. The number of rotatable bonds is 8. The van der Waals surface area contributed by atoms with Crippen LogP contribution in [0.15, 0.2) is 59.8 Å². The van der Waals surface area contributed by atoms with Crippen LogP contribution in [-0.2, 0) is 4.74 Å². The molecule has 0 atom stereocenters. The van der Waals surface area contributed by atoms with E-state index in [2.05, 4.69) is 14.8 Å². The molecule has 2 aromatic carbocycles. The summed E-state index contributed by atoms with van der Waals surface area (Å²) in [4.78, 5) is 0. The molecule has 0 N–H and O–H groups in total. The number of ether oxygens (including phenoxy) is 2. The maximum atomic E-state index is 5.43. The van der Waals surface area contributed by atoms with Crippen molar-refractivity contribution in [1.82, 2.24) is 14.8 Å². The van der Waals surface area contributed by atoms with Crippen LogP contribution in [-0.4, -0.2) is 40.8 Å². The van der Waals surface area contributed by atoms with Gasteiger partial charge in [-0.1, -0.05) is 42.1 Å². The molecule has 0 spiro atoms. The zero-order valence-electron chi connectivity index (χ0n) is 14.4. The highest BCUT2D eigenvalue weighted by Crippen LogP contribution is 2.28. The lowest BCUT2D eigenvalue weighted by molar-refractivity contribution is 0.164. The summed E-state index contributed by atoms with van der Waals surface area (Å²) in [6.45, 7) is 3.41. The molecule has 5 nitrogen and oxygen atoms in total. The van der Waals surface area contributed by atoms with Crippen LogP contribution in [0.25, 0.3) is 17.1 Å². The van der Waals surface area contributed by atoms with E-state index >= 15 is 0 Å². The molecule has 0 unspecified atom stereocenters. The third-order valence-corrected chi connectivity index (χ3v) is 4.55. The van der Waals surface area contributed by atoms with Gasteiger partial charge in [-0.3, -0.25) is 4.57 Å². The van der Waals surface area contributed by atoms with Crippen LogP contribution in [0, 0.1) is 0 Å². The number of methoxy groups -OCH3 is 1. The lowest BCUT2D eigenvalue weighted by Crippen LogP contribution is -2.02. The summed E-state index contributed by atoms with van der Waals surface area (Å²) in [6, 6.07) is 18.0. The van der Waals surface area contributed by atoms with E-state index in [4.69, 9.17) is 9.47 Å². The van der Waals surface area contributed by atoms with E-state index in [9.17, 15) is 0 Å². The summed E-state index contributed by atoms with van der Waals surface area (Å²) in [7, 11) is 1.66. The summed E-state index contributed by atoms with van der Waals surface area (Å²) >= 11 is 1.64. The Labute approximate surface area is 152 Å². The third-order valence-electron chi connectivity index (χ3n) is 3.66. The molecule has 3 aromatic rings. The van der Waals surface area contributed by atoms with Gasteiger partial charge in [0, 0.05) is 23.6 Å². The number of benzene rings is 2. The van der Waals surface area contributed by atoms with Crippen molar-refractivity contribution in [1.29, 1.82) is 0 Å². The second kappa shape index (κ2) is 8.69. The fourth-order valence-corrected chi connectivity index (χ4v) is 3.24. The predicted molar refractivity (Wildman–Crippen MR) is 101 cm³/mol. The van der Waals surface area contributed by atoms with Gasteiger partial charge in [0.1, 0.15) is 5.75 Å². The molecule has 0 aliphatic carbocycles. The second-order valence-electron chi connectivity index (χ2n) is 5.25. The lowest BCUT2D eigenvalue weighted by atomic mass is 10.2. The van der Waals surface area contributed by atoms with Crippen molar-refractivity contribution in [3.05, 3.63) is 54.6 Å². The highest BCUT2D eigenvalue weighted by Gasteiger charge is 2.16. The van der Waals surface area contributed by atoms with Gasteiger partial charge in [0.2, 0.25) is 0 Å². The van der Waals surface area contributed by atoms with Crippen molar-refractivity contribution in [3.8, 4) is 22.8 Å². The molecule has 0 fully saturated rings. The van der Waals surface area contributed by atoms with Gasteiger partial charge < -0.3 is 9.47 Å². The van der Waals surface area contributed by atoms with Gasteiger partial charge in [-0.25, -0.2) is 0 Å². The Hall–Kier alpha value is -2.31. The first-order valence-electron chi connectivity index (χ1n) is 8.19. The van der Waals surface area contributed by atoms with Crippen molar-refractivity contribution in [2.24, 2.45) is 0 Å². The Morgan fingerprint density at radius 2 is 1.76 bits per heavy atom. The highest BCUT2D eigenvalue weighted by molar-refractivity contribution is 7.99. The van der Waals surface area contributed by atoms with Crippen LogP contribution in [0.1, 0.15) is 6.92 Å². The van der Waals surface area contributed by atoms with E-state index in [0.29, 0.717) is 6.61 Å². The highest BCUT2D eigenvalue weighted by atomic mass is 32.2. The molecule has 0 amide bonds. The maximum Gasteiger partial charge on any atom is 0.196 e. The average Bonchev–Trinajstić information content (AvgIpc) is 3.10. The molecular formula is C19H21N3O2S. The molecule has 3 rings (SSSR count). The molecule has 0 aliphatic heterocycles. The van der Waals surface area contributed by atoms with Crippen LogP contribution in [0.3, 0.4) is 0 Å². The van der Waals surface area contributed by atoms with Crippen LogP contribution in [0.4, 0.5) is 0 Å². The quantitative estimate of drug-likeness (QED) is 0.450. The normalized spacial score (nSPS) is 10.8. The molecule has 0 bridgehead atoms. The van der Waals surface area contributed by atoms with Crippen LogP contribution >= 0.6 is 11.8 Å². The summed E-state index contributed by atoms with van der Waals surface area (Å²) in [6.07, 6.45) is 0. The van der Waals surface area contributed by atoms with E-state index < -0.39 is 0 Å². The Balaban J connectivity index is 1.96. The average molecular weight is 355 g/mol. The first-order valence-corrected chi connectivity index (χ1v) is 9.18. The SMILES string of the molecule is CCOCCSc1nnc(-c2ccccc2)n1-c1ccc(OC)cc1. The van der Waals surface area contributed by atoms with Crippen molar-refractivity contribution in [3.63, 3.8) is 0 Å². The number of thioether (sulfide) groups is 1. The first-order chi connectivity index (χ1) is 12.3. The van der Waals surface area contributed by atoms with Crippen molar-refractivity contribution < 1.29 is 9.47 Å².